The van der Waals surface area contributed by atoms with Gasteiger partial charge in [-0.25, -0.2) is 0 Å². The molecule has 48 valence electrons. The molecule has 0 aliphatic carbocycles. The summed E-state index contributed by atoms with van der Waals surface area (Å²) in [6, 6.07) is 1.60. The van der Waals surface area contributed by atoms with Crippen LogP contribution in [-0.2, 0) is 0 Å². The molecule has 1 saturated heterocycles. The van der Waals surface area contributed by atoms with Gasteiger partial charge in [-0.15, -0.1) is 0 Å². The molecule has 1 N–H and O–H groups in total. The van der Waals surface area contributed by atoms with Crippen LogP contribution in [0.15, 0.2) is 0 Å². The van der Waals surface area contributed by atoms with Crippen molar-refractivity contribution < 1.29 is 0 Å². The highest BCUT2D eigenvalue weighted by atomic mass is 15.0. The minimum atomic E-state index is 0.778. The van der Waals surface area contributed by atoms with E-state index < -0.39 is 0 Å². The lowest BCUT2D eigenvalue weighted by molar-refractivity contribution is 0.548. The number of hydrogen-bond donors (Lipinski definition) is 1. The van der Waals surface area contributed by atoms with Gasteiger partial charge in [-0.1, -0.05) is 6.92 Å². The van der Waals surface area contributed by atoms with E-state index in [4.69, 9.17) is 0 Å². The fourth-order valence-corrected chi connectivity index (χ4v) is 1.34. The Kier molecular flexibility index (Phi) is 1.90. The first-order valence-electron chi connectivity index (χ1n) is 3.59. The van der Waals surface area contributed by atoms with Gasteiger partial charge in [-0.3, -0.25) is 0 Å². The summed E-state index contributed by atoms with van der Waals surface area (Å²) >= 11 is 0. The minimum Gasteiger partial charge on any atom is -0.312 e. The Bertz CT molecular complexity index is 70.8. The highest BCUT2D eigenvalue weighted by Gasteiger charge is 2.17. The summed E-state index contributed by atoms with van der Waals surface area (Å²) in [5.74, 6) is 0. The Morgan fingerprint density at radius 2 is 2.25 bits per heavy atom. The van der Waals surface area contributed by atoms with Gasteiger partial charge in [0, 0.05) is 12.1 Å². The molecule has 1 heterocycles. The van der Waals surface area contributed by atoms with Crippen LogP contribution >= 0.6 is 0 Å². The molecular formula is C7H15N. The molecule has 1 aliphatic heterocycles. The molecule has 8 heavy (non-hydrogen) atoms. The van der Waals surface area contributed by atoms with Crippen molar-refractivity contribution in [3.63, 3.8) is 0 Å². The fraction of sp³-hybridized carbons (Fsp3) is 1.00. The average molecular weight is 113 g/mol. The van der Waals surface area contributed by atoms with Crippen molar-refractivity contribution in [2.24, 2.45) is 0 Å². The number of hydrogen-bond acceptors (Lipinski definition) is 1. The first-order valence-corrected chi connectivity index (χ1v) is 3.59. The van der Waals surface area contributed by atoms with Crippen molar-refractivity contribution in [2.45, 2.75) is 45.2 Å². The molecule has 0 saturated carbocycles. The molecule has 0 aromatic carbocycles. The van der Waals surface area contributed by atoms with Crippen LogP contribution in [0, 0.1) is 0 Å². The van der Waals surface area contributed by atoms with E-state index in [2.05, 4.69) is 19.2 Å². The van der Waals surface area contributed by atoms with Crippen LogP contribution in [-0.4, -0.2) is 12.1 Å². The summed E-state index contributed by atoms with van der Waals surface area (Å²) in [5.41, 5.74) is 0. The smallest absolute Gasteiger partial charge is 0.00674 e. The van der Waals surface area contributed by atoms with E-state index in [-0.39, 0.29) is 0 Å². The molecule has 0 aromatic heterocycles. The molecule has 0 aromatic rings. The van der Waals surface area contributed by atoms with E-state index in [0.717, 1.165) is 12.1 Å². The van der Waals surface area contributed by atoms with Gasteiger partial charge in [0.05, 0.1) is 0 Å². The molecule has 1 nitrogen and oxygen atoms in total. The van der Waals surface area contributed by atoms with E-state index in [1.807, 2.05) is 0 Å². The van der Waals surface area contributed by atoms with Gasteiger partial charge in [-0.05, 0) is 26.2 Å². The van der Waals surface area contributed by atoms with Crippen LogP contribution in [0.1, 0.15) is 33.1 Å². The zero-order chi connectivity index (χ0) is 5.98. The maximum absolute atomic E-state index is 3.50. The molecule has 0 unspecified atom stereocenters. The normalized spacial score (nSPS) is 38.2. The largest absolute Gasteiger partial charge is 0.312 e. The standard InChI is InChI=1S/C7H15N/c1-3-7-5-4-6(2)8-7/h6-8H,3-5H2,1-2H3/t6-,7+/m0/s1. The highest BCUT2D eigenvalue weighted by molar-refractivity contribution is 4.78. The van der Waals surface area contributed by atoms with Crippen molar-refractivity contribution in [2.75, 3.05) is 0 Å². The van der Waals surface area contributed by atoms with E-state index >= 15 is 0 Å². The third-order valence-electron chi connectivity index (χ3n) is 1.96. The Balaban J connectivity index is 2.22. The van der Waals surface area contributed by atoms with Crippen LogP contribution < -0.4 is 5.32 Å². The monoisotopic (exact) mass is 113 g/mol. The third-order valence-corrected chi connectivity index (χ3v) is 1.96. The SMILES string of the molecule is CC[C@@H]1CC[C@H](C)N1. The topological polar surface area (TPSA) is 12.0 Å². The van der Waals surface area contributed by atoms with Gasteiger partial charge in [-0.2, -0.15) is 0 Å². The van der Waals surface area contributed by atoms with Crippen LogP contribution in [0.4, 0.5) is 0 Å². The lowest BCUT2D eigenvalue weighted by Crippen LogP contribution is -2.25. The molecule has 1 heteroatoms. The van der Waals surface area contributed by atoms with Gasteiger partial charge >= 0.3 is 0 Å². The molecular weight excluding hydrogens is 98.1 g/mol. The molecule has 1 aliphatic rings. The molecule has 0 radical (unpaired) electrons. The van der Waals surface area contributed by atoms with Gasteiger partial charge in [0.15, 0.2) is 0 Å². The third kappa shape index (κ3) is 1.22. The molecule has 2 atom stereocenters. The second-order valence-corrected chi connectivity index (χ2v) is 2.75. The first-order chi connectivity index (χ1) is 3.83. The summed E-state index contributed by atoms with van der Waals surface area (Å²) in [4.78, 5) is 0. The zero-order valence-electron chi connectivity index (χ0n) is 5.78. The predicted molar refractivity (Wildman–Crippen MR) is 35.9 cm³/mol. The second kappa shape index (κ2) is 2.49. The van der Waals surface area contributed by atoms with Crippen molar-refractivity contribution in [3.8, 4) is 0 Å². The van der Waals surface area contributed by atoms with E-state index in [0.29, 0.717) is 0 Å². The fourth-order valence-electron chi connectivity index (χ4n) is 1.34. The van der Waals surface area contributed by atoms with Crippen molar-refractivity contribution in [1.82, 2.24) is 5.32 Å². The Morgan fingerprint density at radius 3 is 2.50 bits per heavy atom. The van der Waals surface area contributed by atoms with E-state index in [9.17, 15) is 0 Å². The molecule has 0 spiro atoms. The minimum absolute atomic E-state index is 0.778. The van der Waals surface area contributed by atoms with Crippen molar-refractivity contribution in [3.05, 3.63) is 0 Å². The summed E-state index contributed by atoms with van der Waals surface area (Å²) < 4.78 is 0. The van der Waals surface area contributed by atoms with E-state index in [1.54, 1.807) is 0 Å². The maximum Gasteiger partial charge on any atom is 0.00674 e. The number of rotatable bonds is 1. The molecule has 1 rings (SSSR count). The van der Waals surface area contributed by atoms with Gasteiger partial charge < -0.3 is 5.32 Å². The summed E-state index contributed by atoms with van der Waals surface area (Å²) in [6.45, 7) is 4.51. The predicted octanol–water partition coefficient (Wildman–Crippen LogP) is 1.54. The lowest BCUT2D eigenvalue weighted by atomic mass is 10.2. The Morgan fingerprint density at radius 1 is 1.50 bits per heavy atom. The lowest BCUT2D eigenvalue weighted by Gasteiger charge is -2.06. The van der Waals surface area contributed by atoms with Gasteiger partial charge in [0.2, 0.25) is 0 Å². The zero-order valence-corrected chi connectivity index (χ0v) is 5.78. The molecule has 0 amide bonds. The Hall–Kier alpha value is -0.0400. The van der Waals surface area contributed by atoms with Crippen LogP contribution in [0.25, 0.3) is 0 Å². The molecule has 0 bridgehead atoms. The summed E-state index contributed by atoms with van der Waals surface area (Å²) in [5, 5.41) is 3.50. The van der Waals surface area contributed by atoms with Crippen molar-refractivity contribution in [1.29, 1.82) is 0 Å². The first kappa shape index (κ1) is 6.09. The van der Waals surface area contributed by atoms with Crippen LogP contribution in [0.3, 0.4) is 0 Å². The summed E-state index contributed by atoms with van der Waals surface area (Å²) in [7, 11) is 0. The van der Waals surface area contributed by atoms with E-state index in [1.165, 1.54) is 19.3 Å². The van der Waals surface area contributed by atoms with Crippen LogP contribution in [0.5, 0.6) is 0 Å². The maximum atomic E-state index is 3.50. The number of nitrogens with one attached hydrogen (secondary N) is 1. The van der Waals surface area contributed by atoms with Crippen LogP contribution in [0.2, 0.25) is 0 Å². The van der Waals surface area contributed by atoms with Gasteiger partial charge in [0.25, 0.3) is 0 Å². The molecule has 1 fully saturated rings. The quantitative estimate of drug-likeness (QED) is 0.544. The van der Waals surface area contributed by atoms with Gasteiger partial charge in [0.1, 0.15) is 0 Å². The highest BCUT2D eigenvalue weighted by Crippen LogP contribution is 2.13. The van der Waals surface area contributed by atoms with Crippen molar-refractivity contribution >= 4 is 0 Å². The average Bonchev–Trinajstić information content (AvgIpc) is 2.14. The Labute approximate surface area is 51.5 Å². The summed E-state index contributed by atoms with van der Waals surface area (Å²) in [6.07, 6.45) is 4.06. The second-order valence-electron chi connectivity index (χ2n) is 2.75.